The fraction of sp³-hybridized carbons (Fsp3) is 0.273. The number of ether oxygens (including phenoxy) is 1. The molecule has 32 heavy (non-hydrogen) atoms. The van der Waals surface area contributed by atoms with Crippen molar-refractivity contribution >= 4 is 29.3 Å². The average molecular weight is 458 g/mol. The molecule has 0 saturated carbocycles. The molecule has 0 aliphatic heterocycles. The highest BCUT2D eigenvalue weighted by molar-refractivity contribution is 7.99. The van der Waals surface area contributed by atoms with Gasteiger partial charge in [-0.15, -0.1) is 10.2 Å². The van der Waals surface area contributed by atoms with Crippen LogP contribution in [0.25, 0.3) is 0 Å². The van der Waals surface area contributed by atoms with Crippen molar-refractivity contribution in [3.05, 3.63) is 65.7 Å². The summed E-state index contributed by atoms with van der Waals surface area (Å²) in [6, 6.07) is 12.3. The number of anilines is 1. The summed E-state index contributed by atoms with van der Waals surface area (Å²) in [5.74, 6) is 0.0587. The number of carbonyl (C=O) groups excluding carboxylic acids is 2. The van der Waals surface area contributed by atoms with Gasteiger partial charge in [-0.1, -0.05) is 23.9 Å². The number of carbonyl (C=O) groups is 2. The van der Waals surface area contributed by atoms with E-state index in [0.717, 1.165) is 0 Å². The van der Waals surface area contributed by atoms with Gasteiger partial charge in [-0.25, -0.2) is 4.39 Å². The van der Waals surface area contributed by atoms with Crippen molar-refractivity contribution in [2.45, 2.75) is 31.6 Å². The lowest BCUT2D eigenvalue weighted by molar-refractivity contribution is -0.113. The Kier molecular flexibility index (Phi) is 7.82. The van der Waals surface area contributed by atoms with Gasteiger partial charge in [0.1, 0.15) is 11.6 Å². The van der Waals surface area contributed by atoms with Gasteiger partial charge in [0, 0.05) is 12.2 Å². The molecule has 2 N–H and O–H groups in total. The first-order chi connectivity index (χ1) is 15.4. The zero-order valence-electron chi connectivity index (χ0n) is 18.0. The van der Waals surface area contributed by atoms with Crippen molar-refractivity contribution in [2.75, 3.05) is 18.2 Å². The lowest BCUT2D eigenvalue weighted by Crippen LogP contribution is -2.29. The maximum Gasteiger partial charge on any atom is 0.254 e. The topological polar surface area (TPSA) is 98.1 Å². The van der Waals surface area contributed by atoms with E-state index in [0.29, 0.717) is 29.0 Å². The molecule has 0 unspecified atom stereocenters. The molecule has 1 atom stereocenters. The molecular formula is C22H24FN5O3S. The van der Waals surface area contributed by atoms with Crippen molar-refractivity contribution in [3.8, 4) is 5.75 Å². The quantitative estimate of drug-likeness (QED) is 0.476. The molecule has 1 heterocycles. The van der Waals surface area contributed by atoms with Gasteiger partial charge in [0.05, 0.1) is 24.5 Å². The summed E-state index contributed by atoms with van der Waals surface area (Å²) in [4.78, 5) is 24.7. The van der Waals surface area contributed by atoms with Crippen LogP contribution in [-0.2, 0) is 11.3 Å². The molecule has 1 aromatic heterocycles. The van der Waals surface area contributed by atoms with E-state index in [-0.39, 0.29) is 17.2 Å². The number of methoxy groups -OCH3 is 1. The van der Waals surface area contributed by atoms with Gasteiger partial charge in [0.2, 0.25) is 5.91 Å². The number of nitrogens with one attached hydrogen (secondary N) is 2. The molecule has 0 saturated heterocycles. The number of halogens is 1. The summed E-state index contributed by atoms with van der Waals surface area (Å²) in [6.07, 6.45) is 0. The molecule has 0 bridgehead atoms. The molecule has 3 aromatic rings. The molecule has 8 nitrogen and oxygen atoms in total. The summed E-state index contributed by atoms with van der Waals surface area (Å²) in [5.41, 5.74) is 0.630. The van der Waals surface area contributed by atoms with Crippen molar-refractivity contribution in [2.24, 2.45) is 0 Å². The van der Waals surface area contributed by atoms with Crippen LogP contribution in [0.3, 0.4) is 0 Å². The van der Waals surface area contributed by atoms with Crippen LogP contribution in [0.15, 0.2) is 53.7 Å². The molecule has 2 aromatic carbocycles. The summed E-state index contributed by atoms with van der Waals surface area (Å²) >= 11 is 1.24. The van der Waals surface area contributed by atoms with E-state index in [1.807, 2.05) is 11.5 Å². The predicted molar refractivity (Wildman–Crippen MR) is 120 cm³/mol. The average Bonchev–Trinajstić information content (AvgIpc) is 3.21. The third kappa shape index (κ3) is 5.64. The summed E-state index contributed by atoms with van der Waals surface area (Å²) in [5, 5.41) is 14.5. The summed E-state index contributed by atoms with van der Waals surface area (Å²) in [6.45, 7) is 4.21. The lowest BCUT2D eigenvalue weighted by atomic mass is 10.2. The number of rotatable bonds is 9. The highest BCUT2D eigenvalue weighted by Crippen LogP contribution is 2.22. The van der Waals surface area contributed by atoms with Crippen molar-refractivity contribution < 1.29 is 18.7 Å². The maximum absolute atomic E-state index is 13.9. The van der Waals surface area contributed by atoms with Gasteiger partial charge >= 0.3 is 0 Å². The van der Waals surface area contributed by atoms with Gasteiger partial charge in [0.15, 0.2) is 11.0 Å². The van der Waals surface area contributed by atoms with E-state index >= 15 is 0 Å². The fourth-order valence-corrected chi connectivity index (χ4v) is 3.82. The monoisotopic (exact) mass is 457 g/mol. The fourth-order valence-electron chi connectivity index (χ4n) is 3.01. The van der Waals surface area contributed by atoms with E-state index in [1.165, 1.54) is 30.0 Å². The second kappa shape index (κ2) is 10.8. The van der Waals surface area contributed by atoms with Crippen molar-refractivity contribution in [3.63, 3.8) is 0 Å². The zero-order chi connectivity index (χ0) is 23.1. The van der Waals surface area contributed by atoms with Crippen LogP contribution in [0.5, 0.6) is 5.75 Å². The normalized spacial score (nSPS) is 11.6. The molecule has 2 amide bonds. The van der Waals surface area contributed by atoms with Crippen LogP contribution in [0.2, 0.25) is 0 Å². The van der Waals surface area contributed by atoms with E-state index in [1.54, 1.807) is 44.4 Å². The largest absolute Gasteiger partial charge is 0.497 e. The van der Waals surface area contributed by atoms with Crippen LogP contribution in [0, 0.1) is 5.82 Å². The van der Waals surface area contributed by atoms with Gasteiger partial charge in [-0.3, -0.25) is 9.59 Å². The second-order valence-corrected chi connectivity index (χ2v) is 7.77. The Morgan fingerprint density at radius 1 is 1.16 bits per heavy atom. The van der Waals surface area contributed by atoms with Crippen LogP contribution in [0.4, 0.5) is 10.1 Å². The Morgan fingerprint density at radius 2 is 1.88 bits per heavy atom. The Labute approximate surface area is 189 Å². The SMILES string of the molecule is CCn1c(SCC(=O)Nc2ccc(OC)cc2)nnc1[C@H](C)NC(=O)c1ccccc1F. The van der Waals surface area contributed by atoms with E-state index in [2.05, 4.69) is 20.8 Å². The Morgan fingerprint density at radius 3 is 2.53 bits per heavy atom. The molecule has 0 radical (unpaired) electrons. The minimum absolute atomic E-state index is 0.0354. The van der Waals surface area contributed by atoms with Crippen molar-refractivity contribution in [1.29, 1.82) is 0 Å². The molecular weight excluding hydrogens is 433 g/mol. The summed E-state index contributed by atoms with van der Waals surface area (Å²) < 4.78 is 20.8. The minimum Gasteiger partial charge on any atom is -0.497 e. The van der Waals surface area contributed by atoms with Gasteiger partial charge in [-0.05, 0) is 50.2 Å². The first-order valence-electron chi connectivity index (χ1n) is 9.98. The Bertz CT molecular complexity index is 1090. The molecule has 10 heteroatoms. The Hall–Kier alpha value is -3.40. The predicted octanol–water partition coefficient (Wildman–Crippen LogP) is 3.67. The number of hydrogen-bond donors (Lipinski definition) is 2. The minimum atomic E-state index is -0.590. The summed E-state index contributed by atoms with van der Waals surface area (Å²) in [7, 11) is 1.58. The third-order valence-electron chi connectivity index (χ3n) is 4.62. The third-order valence-corrected chi connectivity index (χ3v) is 5.59. The zero-order valence-corrected chi connectivity index (χ0v) is 18.8. The molecule has 0 spiro atoms. The highest BCUT2D eigenvalue weighted by Gasteiger charge is 2.21. The molecule has 0 fully saturated rings. The molecule has 0 aliphatic rings. The first kappa shape index (κ1) is 23.3. The van der Waals surface area contributed by atoms with Gasteiger partial charge in [0.25, 0.3) is 5.91 Å². The maximum atomic E-state index is 13.9. The van der Waals surface area contributed by atoms with Crippen LogP contribution in [0.1, 0.15) is 36.1 Å². The second-order valence-electron chi connectivity index (χ2n) is 6.83. The lowest BCUT2D eigenvalue weighted by Gasteiger charge is -2.15. The first-order valence-corrected chi connectivity index (χ1v) is 11.0. The van der Waals surface area contributed by atoms with Crippen LogP contribution in [-0.4, -0.2) is 39.4 Å². The van der Waals surface area contributed by atoms with Gasteiger partial charge < -0.3 is 19.9 Å². The van der Waals surface area contributed by atoms with E-state index in [4.69, 9.17) is 4.74 Å². The smallest absolute Gasteiger partial charge is 0.254 e. The number of thioether (sulfide) groups is 1. The molecule has 168 valence electrons. The van der Waals surface area contributed by atoms with Crippen molar-refractivity contribution in [1.82, 2.24) is 20.1 Å². The van der Waals surface area contributed by atoms with Crippen LogP contribution < -0.4 is 15.4 Å². The number of nitrogens with zero attached hydrogens (tertiary/aromatic N) is 3. The van der Waals surface area contributed by atoms with E-state index in [9.17, 15) is 14.0 Å². The number of amides is 2. The van der Waals surface area contributed by atoms with Crippen LogP contribution >= 0.6 is 11.8 Å². The number of aromatic nitrogens is 3. The molecule has 0 aliphatic carbocycles. The standard InChI is InChI=1S/C22H24FN5O3S/c1-4-28-20(14(2)24-21(30)17-7-5-6-8-18(17)23)26-27-22(28)32-13-19(29)25-15-9-11-16(31-3)12-10-15/h5-12,14H,4,13H2,1-3H3,(H,24,30)(H,25,29)/t14-/m0/s1. The Balaban J connectivity index is 1.61. The number of hydrogen-bond acceptors (Lipinski definition) is 6. The molecule has 3 rings (SSSR count). The van der Waals surface area contributed by atoms with Gasteiger partial charge in [-0.2, -0.15) is 0 Å². The van der Waals surface area contributed by atoms with E-state index < -0.39 is 17.8 Å². The number of benzene rings is 2. The highest BCUT2D eigenvalue weighted by atomic mass is 32.2.